The predicted molar refractivity (Wildman–Crippen MR) is 88.5 cm³/mol. The fourth-order valence-electron chi connectivity index (χ4n) is 2.37. The van der Waals surface area contributed by atoms with E-state index < -0.39 is 29.3 Å². The molecule has 2 aromatic carbocycles. The topological polar surface area (TPSA) is 151 Å². The highest BCUT2D eigenvalue weighted by molar-refractivity contribution is 6.04. The van der Waals surface area contributed by atoms with Crippen molar-refractivity contribution >= 4 is 11.7 Å². The summed E-state index contributed by atoms with van der Waals surface area (Å²) in [6.45, 7) is 1.43. The lowest BCUT2D eigenvalue weighted by Gasteiger charge is -2.13. The minimum Gasteiger partial charge on any atom is -0.507 e. The van der Waals surface area contributed by atoms with Gasteiger partial charge in [-0.25, -0.2) is 4.79 Å². The summed E-state index contributed by atoms with van der Waals surface area (Å²) in [7, 11) is 0. The molecule has 8 heteroatoms. The molecule has 0 saturated carbocycles. The standard InChI is InChI=1S/C17H17NO7/c1-8(14-11(19)3-2-4-12(14)20)18-10(17(24)25)7-9-5-6-13(21)16(23)15(9)22/h2-6,10,19-23H,7H2,1H3,(H,24,25)/b18-8+. The second-order valence-electron chi connectivity index (χ2n) is 5.38. The first kappa shape index (κ1) is 17.9. The van der Waals surface area contributed by atoms with Crippen LogP contribution >= 0.6 is 0 Å². The number of phenols is 5. The highest BCUT2D eigenvalue weighted by Gasteiger charge is 2.22. The zero-order chi connectivity index (χ0) is 18.7. The van der Waals surface area contributed by atoms with Gasteiger partial charge in [0.25, 0.3) is 0 Å². The third-order valence-corrected chi connectivity index (χ3v) is 3.64. The van der Waals surface area contributed by atoms with Crippen molar-refractivity contribution in [3.05, 3.63) is 41.5 Å². The van der Waals surface area contributed by atoms with Crippen molar-refractivity contribution < 1.29 is 35.4 Å². The van der Waals surface area contributed by atoms with Crippen LogP contribution in [-0.2, 0) is 11.2 Å². The Morgan fingerprint density at radius 2 is 1.56 bits per heavy atom. The number of aliphatic imine (C=N–C) groups is 1. The summed E-state index contributed by atoms with van der Waals surface area (Å²) in [5.41, 5.74) is 0.165. The van der Waals surface area contributed by atoms with Gasteiger partial charge in [-0.3, -0.25) is 4.99 Å². The minimum atomic E-state index is -1.35. The van der Waals surface area contributed by atoms with Crippen LogP contribution in [0.3, 0.4) is 0 Å². The molecule has 0 radical (unpaired) electrons. The molecule has 1 unspecified atom stereocenters. The monoisotopic (exact) mass is 347 g/mol. The van der Waals surface area contributed by atoms with E-state index in [1.807, 2.05) is 0 Å². The Bertz CT molecular complexity index is 825. The number of carboxylic acid groups (broad SMARTS) is 1. The van der Waals surface area contributed by atoms with E-state index in [1.54, 1.807) is 0 Å². The van der Waals surface area contributed by atoms with E-state index in [-0.39, 0.29) is 34.8 Å². The summed E-state index contributed by atoms with van der Waals surface area (Å²) in [5.74, 6) is -3.73. The number of carboxylic acids is 1. The molecule has 0 amide bonds. The molecule has 132 valence electrons. The molecule has 0 spiro atoms. The lowest BCUT2D eigenvalue weighted by Crippen LogP contribution is -2.22. The van der Waals surface area contributed by atoms with Crippen LogP contribution in [-0.4, -0.2) is 48.4 Å². The largest absolute Gasteiger partial charge is 0.507 e. The quantitative estimate of drug-likeness (QED) is 0.356. The summed E-state index contributed by atoms with van der Waals surface area (Å²) in [5, 5.41) is 57.7. The first-order valence-corrected chi connectivity index (χ1v) is 7.23. The average molecular weight is 347 g/mol. The Labute approximate surface area is 142 Å². The van der Waals surface area contributed by atoms with Crippen LogP contribution in [0.5, 0.6) is 28.7 Å². The fraction of sp³-hybridized carbons (Fsp3) is 0.176. The molecule has 0 aliphatic rings. The zero-order valence-corrected chi connectivity index (χ0v) is 13.2. The molecular weight excluding hydrogens is 330 g/mol. The summed E-state index contributed by atoms with van der Waals surface area (Å²) in [6.07, 6.45) is -0.277. The molecule has 0 heterocycles. The van der Waals surface area contributed by atoms with Gasteiger partial charge < -0.3 is 30.6 Å². The zero-order valence-electron chi connectivity index (χ0n) is 13.2. The number of nitrogens with zero attached hydrogens (tertiary/aromatic N) is 1. The van der Waals surface area contributed by atoms with E-state index in [1.165, 1.54) is 31.2 Å². The second kappa shape index (κ2) is 7.00. The lowest BCUT2D eigenvalue weighted by molar-refractivity contribution is -0.138. The van der Waals surface area contributed by atoms with E-state index in [4.69, 9.17) is 0 Å². The van der Waals surface area contributed by atoms with Gasteiger partial charge in [0.2, 0.25) is 5.75 Å². The smallest absolute Gasteiger partial charge is 0.328 e. The Morgan fingerprint density at radius 1 is 0.960 bits per heavy atom. The third-order valence-electron chi connectivity index (χ3n) is 3.64. The maximum atomic E-state index is 11.5. The van der Waals surface area contributed by atoms with Crippen LogP contribution in [0.4, 0.5) is 0 Å². The number of aliphatic carboxylic acids is 1. The van der Waals surface area contributed by atoms with Crippen molar-refractivity contribution in [2.45, 2.75) is 19.4 Å². The molecule has 1 atom stereocenters. The minimum absolute atomic E-state index is 0.00604. The van der Waals surface area contributed by atoms with Crippen LogP contribution in [0.2, 0.25) is 0 Å². The third kappa shape index (κ3) is 3.74. The van der Waals surface area contributed by atoms with Gasteiger partial charge in [-0.1, -0.05) is 12.1 Å². The maximum absolute atomic E-state index is 11.5. The SMILES string of the molecule is C/C(=N\C(Cc1ccc(O)c(O)c1O)C(=O)O)c1c(O)cccc1O. The molecule has 0 aliphatic carbocycles. The summed E-state index contributed by atoms with van der Waals surface area (Å²) >= 11 is 0. The Morgan fingerprint density at radius 3 is 2.12 bits per heavy atom. The van der Waals surface area contributed by atoms with E-state index in [9.17, 15) is 35.4 Å². The van der Waals surface area contributed by atoms with Gasteiger partial charge in [0.15, 0.2) is 17.5 Å². The Kier molecular flexibility index (Phi) is 5.02. The number of hydrogen-bond donors (Lipinski definition) is 6. The number of hydrogen-bond acceptors (Lipinski definition) is 7. The van der Waals surface area contributed by atoms with Crippen molar-refractivity contribution in [1.82, 2.24) is 0 Å². The lowest BCUT2D eigenvalue weighted by atomic mass is 10.0. The predicted octanol–water partition coefficient (Wildman–Crippen LogP) is 1.72. The molecule has 0 aliphatic heterocycles. The molecule has 2 rings (SSSR count). The van der Waals surface area contributed by atoms with Crippen molar-refractivity contribution in [2.75, 3.05) is 0 Å². The van der Waals surface area contributed by atoms with Gasteiger partial charge in [-0.2, -0.15) is 0 Å². The highest BCUT2D eigenvalue weighted by atomic mass is 16.4. The highest BCUT2D eigenvalue weighted by Crippen LogP contribution is 2.37. The fourth-order valence-corrected chi connectivity index (χ4v) is 2.37. The van der Waals surface area contributed by atoms with Gasteiger partial charge in [-0.05, 0) is 25.1 Å². The van der Waals surface area contributed by atoms with E-state index in [0.717, 1.165) is 6.07 Å². The van der Waals surface area contributed by atoms with Crippen molar-refractivity contribution in [3.8, 4) is 28.7 Å². The van der Waals surface area contributed by atoms with Gasteiger partial charge in [0.1, 0.15) is 11.5 Å². The molecule has 6 N–H and O–H groups in total. The molecule has 0 aromatic heterocycles. The van der Waals surface area contributed by atoms with Crippen LogP contribution in [0.15, 0.2) is 35.3 Å². The summed E-state index contributed by atoms with van der Waals surface area (Å²) in [6, 6.07) is 5.11. The first-order chi connectivity index (χ1) is 11.7. The Balaban J connectivity index is 2.39. The Hall–Kier alpha value is -3.42. The normalized spacial score (nSPS) is 12.8. The summed E-state index contributed by atoms with van der Waals surface area (Å²) in [4.78, 5) is 15.5. The van der Waals surface area contributed by atoms with Crippen molar-refractivity contribution in [2.24, 2.45) is 4.99 Å². The molecular formula is C17H17NO7. The molecule has 0 bridgehead atoms. The van der Waals surface area contributed by atoms with Crippen molar-refractivity contribution in [3.63, 3.8) is 0 Å². The first-order valence-electron chi connectivity index (χ1n) is 7.23. The number of benzene rings is 2. The number of aromatic hydroxyl groups is 5. The van der Waals surface area contributed by atoms with Gasteiger partial charge >= 0.3 is 5.97 Å². The van der Waals surface area contributed by atoms with Crippen LogP contribution in [0.25, 0.3) is 0 Å². The van der Waals surface area contributed by atoms with E-state index >= 15 is 0 Å². The van der Waals surface area contributed by atoms with Crippen LogP contribution in [0.1, 0.15) is 18.1 Å². The van der Waals surface area contributed by atoms with E-state index in [2.05, 4.69) is 4.99 Å². The van der Waals surface area contributed by atoms with Gasteiger partial charge in [-0.15, -0.1) is 0 Å². The molecule has 8 nitrogen and oxygen atoms in total. The van der Waals surface area contributed by atoms with Crippen LogP contribution in [0, 0.1) is 0 Å². The molecule has 25 heavy (non-hydrogen) atoms. The van der Waals surface area contributed by atoms with Crippen LogP contribution < -0.4 is 0 Å². The second-order valence-corrected chi connectivity index (χ2v) is 5.38. The van der Waals surface area contributed by atoms with Crippen molar-refractivity contribution in [1.29, 1.82) is 0 Å². The van der Waals surface area contributed by atoms with Gasteiger partial charge in [0, 0.05) is 17.7 Å². The molecule has 0 saturated heterocycles. The molecule has 0 fully saturated rings. The number of phenolic OH excluding ortho intramolecular Hbond substituents is 5. The molecule has 2 aromatic rings. The van der Waals surface area contributed by atoms with E-state index in [0.29, 0.717) is 0 Å². The average Bonchev–Trinajstić information content (AvgIpc) is 2.54. The number of rotatable bonds is 5. The summed E-state index contributed by atoms with van der Waals surface area (Å²) < 4.78 is 0. The maximum Gasteiger partial charge on any atom is 0.328 e. The number of carbonyl (C=O) groups is 1. The van der Waals surface area contributed by atoms with Gasteiger partial charge in [0.05, 0.1) is 5.56 Å².